The van der Waals surface area contributed by atoms with Crippen molar-refractivity contribution in [3.63, 3.8) is 0 Å². The Morgan fingerprint density at radius 1 is 1.16 bits per heavy atom. The molecule has 0 saturated carbocycles. The van der Waals surface area contributed by atoms with Gasteiger partial charge in [0.15, 0.2) is 11.7 Å². The van der Waals surface area contributed by atoms with E-state index in [-0.39, 0.29) is 13.2 Å². The molecule has 3 rings (SSSR count). The van der Waals surface area contributed by atoms with E-state index in [1.54, 1.807) is 32.0 Å². The first-order valence-electron chi connectivity index (χ1n) is 11.4. The molecule has 0 aliphatic carbocycles. The zero-order chi connectivity index (χ0) is 26.9. The highest BCUT2D eigenvalue weighted by Gasteiger charge is 2.32. The Bertz CT molecular complexity index is 1250. The third-order valence-electron chi connectivity index (χ3n) is 5.07. The van der Waals surface area contributed by atoms with E-state index >= 15 is 0 Å². The molecule has 12 heteroatoms. The van der Waals surface area contributed by atoms with E-state index in [1.165, 1.54) is 6.21 Å². The first-order valence-corrected chi connectivity index (χ1v) is 13.3. The van der Waals surface area contributed by atoms with E-state index in [0.717, 1.165) is 8.95 Å². The number of esters is 1. The number of benzene rings is 2. The maximum Gasteiger partial charge on any atom is 0.338 e. The Balaban J connectivity index is 1.73. The summed E-state index contributed by atoms with van der Waals surface area (Å²) in [5, 5.41) is 10.5. The van der Waals surface area contributed by atoms with Crippen LogP contribution < -0.4 is 25.5 Å². The van der Waals surface area contributed by atoms with Crippen LogP contribution in [-0.2, 0) is 14.3 Å². The third kappa shape index (κ3) is 7.53. The van der Waals surface area contributed by atoms with Crippen LogP contribution in [0.4, 0.5) is 0 Å². The highest BCUT2D eigenvalue weighted by atomic mass is 79.9. The molecule has 3 N–H and O–H groups in total. The van der Waals surface area contributed by atoms with Crippen LogP contribution in [0.5, 0.6) is 11.5 Å². The molecular formula is C25H26Br2N4O5S. The number of carbonyl (C=O) groups is 2. The molecule has 1 heterocycles. The number of allylic oxidation sites excluding steroid dienone is 1. The second kappa shape index (κ2) is 13.5. The number of para-hydroxylation sites is 1. The number of nitrogens with zero attached hydrogens (tertiary/aromatic N) is 1. The Morgan fingerprint density at radius 2 is 1.92 bits per heavy atom. The Hall–Kier alpha value is -2.96. The van der Waals surface area contributed by atoms with Crippen molar-refractivity contribution in [1.29, 1.82) is 0 Å². The highest BCUT2D eigenvalue weighted by Crippen LogP contribution is 2.34. The molecule has 1 amide bonds. The standard InChI is InChI=1S/C25H26Br2N4O5S/c1-4-34-23-15(10-16(26)11-18(23)27)12-28-31-20(32)13-36-19-9-7-6-8-17(19)22-21(24(33)35-5-2)14(3)29-25(37)30-22/h6-12,22H,4-5,13H2,1-3H3,(H,31,32)(H2,29,30,37)/t22-/m1/s1. The van der Waals surface area contributed by atoms with Gasteiger partial charge in [0.1, 0.15) is 11.5 Å². The number of thiocarbonyl (C=S) groups is 1. The highest BCUT2D eigenvalue weighted by molar-refractivity contribution is 9.11. The number of carbonyl (C=O) groups excluding carboxylic acids is 2. The van der Waals surface area contributed by atoms with Crippen molar-refractivity contribution in [3.05, 3.63) is 67.7 Å². The van der Waals surface area contributed by atoms with Crippen molar-refractivity contribution in [3.8, 4) is 11.5 Å². The van der Waals surface area contributed by atoms with Crippen molar-refractivity contribution >= 4 is 67.3 Å². The minimum Gasteiger partial charge on any atom is -0.492 e. The largest absolute Gasteiger partial charge is 0.492 e. The van der Waals surface area contributed by atoms with Crippen LogP contribution >= 0.6 is 44.1 Å². The van der Waals surface area contributed by atoms with Gasteiger partial charge in [0, 0.05) is 21.3 Å². The monoisotopic (exact) mass is 652 g/mol. The van der Waals surface area contributed by atoms with E-state index in [1.807, 2.05) is 25.1 Å². The molecule has 37 heavy (non-hydrogen) atoms. The minimum atomic E-state index is -0.614. The third-order valence-corrected chi connectivity index (χ3v) is 6.34. The lowest BCUT2D eigenvalue weighted by molar-refractivity contribution is -0.139. The predicted molar refractivity (Wildman–Crippen MR) is 152 cm³/mol. The summed E-state index contributed by atoms with van der Waals surface area (Å²) in [7, 11) is 0. The molecular weight excluding hydrogens is 628 g/mol. The predicted octanol–water partition coefficient (Wildman–Crippen LogP) is 4.50. The number of ether oxygens (including phenoxy) is 3. The van der Waals surface area contributed by atoms with Crippen LogP contribution in [0.15, 0.2) is 61.7 Å². The van der Waals surface area contributed by atoms with Gasteiger partial charge in [-0.2, -0.15) is 5.10 Å². The summed E-state index contributed by atoms with van der Waals surface area (Å²) in [6.07, 6.45) is 1.49. The lowest BCUT2D eigenvalue weighted by atomic mass is 9.95. The number of hydrogen-bond donors (Lipinski definition) is 3. The molecule has 0 unspecified atom stereocenters. The van der Waals surface area contributed by atoms with E-state index < -0.39 is 17.9 Å². The normalized spacial score (nSPS) is 15.2. The van der Waals surface area contributed by atoms with Crippen molar-refractivity contribution < 1.29 is 23.8 Å². The van der Waals surface area contributed by atoms with Gasteiger partial charge in [0.05, 0.1) is 35.5 Å². The molecule has 2 aromatic rings. The number of halogens is 2. The van der Waals surface area contributed by atoms with Crippen LogP contribution in [0, 0.1) is 0 Å². The van der Waals surface area contributed by atoms with Gasteiger partial charge in [-0.05, 0) is 67.1 Å². The van der Waals surface area contributed by atoms with Crippen molar-refractivity contribution in [2.24, 2.45) is 5.10 Å². The number of nitrogens with one attached hydrogen (secondary N) is 3. The van der Waals surface area contributed by atoms with E-state index in [2.05, 4.69) is 53.0 Å². The van der Waals surface area contributed by atoms with E-state index in [4.69, 9.17) is 26.4 Å². The molecule has 1 atom stereocenters. The lowest BCUT2D eigenvalue weighted by Gasteiger charge is -2.30. The fourth-order valence-electron chi connectivity index (χ4n) is 3.58. The first kappa shape index (κ1) is 28.6. The molecule has 0 spiro atoms. The molecule has 0 saturated heterocycles. The van der Waals surface area contributed by atoms with Crippen LogP contribution in [0.25, 0.3) is 0 Å². The average Bonchev–Trinajstić information content (AvgIpc) is 2.84. The summed E-state index contributed by atoms with van der Waals surface area (Å²) in [4.78, 5) is 25.2. The van der Waals surface area contributed by atoms with Gasteiger partial charge >= 0.3 is 5.97 Å². The summed E-state index contributed by atoms with van der Waals surface area (Å²) >= 11 is 12.2. The van der Waals surface area contributed by atoms with Crippen molar-refractivity contribution in [1.82, 2.24) is 16.1 Å². The molecule has 1 aliphatic rings. The molecule has 2 aromatic carbocycles. The topological polar surface area (TPSA) is 110 Å². The van der Waals surface area contributed by atoms with Gasteiger partial charge in [-0.15, -0.1) is 0 Å². The second-order valence-electron chi connectivity index (χ2n) is 7.65. The summed E-state index contributed by atoms with van der Waals surface area (Å²) in [6, 6.07) is 10.2. The lowest BCUT2D eigenvalue weighted by Crippen LogP contribution is -2.45. The van der Waals surface area contributed by atoms with E-state index in [0.29, 0.717) is 45.6 Å². The second-order valence-corrected chi connectivity index (χ2v) is 9.83. The Kier molecular flexibility index (Phi) is 10.5. The number of hydrazone groups is 1. The average molecular weight is 654 g/mol. The summed E-state index contributed by atoms with van der Waals surface area (Å²) < 4.78 is 18.3. The smallest absolute Gasteiger partial charge is 0.338 e. The van der Waals surface area contributed by atoms with Crippen LogP contribution in [0.2, 0.25) is 0 Å². The summed E-state index contributed by atoms with van der Waals surface area (Å²) in [6.45, 7) is 5.77. The SMILES string of the molecule is CCOC(=O)C1=C(C)NC(=S)N[C@@H]1c1ccccc1OCC(=O)NN=Cc1cc(Br)cc(Br)c1OCC. The van der Waals surface area contributed by atoms with Gasteiger partial charge in [-0.1, -0.05) is 34.1 Å². The number of amides is 1. The Labute approximate surface area is 237 Å². The minimum absolute atomic E-state index is 0.231. The van der Waals surface area contributed by atoms with Gasteiger partial charge in [0.2, 0.25) is 0 Å². The molecule has 0 aromatic heterocycles. The maximum absolute atomic E-state index is 12.7. The molecule has 196 valence electrons. The van der Waals surface area contributed by atoms with E-state index in [9.17, 15) is 9.59 Å². The quantitative estimate of drug-likeness (QED) is 0.149. The van der Waals surface area contributed by atoms with Gasteiger partial charge in [-0.25, -0.2) is 10.2 Å². The Morgan fingerprint density at radius 3 is 2.65 bits per heavy atom. The molecule has 0 radical (unpaired) electrons. The number of rotatable bonds is 10. The zero-order valence-corrected chi connectivity index (χ0v) is 24.4. The van der Waals surface area contributed by atoms with Gasteiger partial charge < -0.3 is 24.8 Å². The van der Waals surface area contributed by atoms with Gasteiger partial charge in [0.25, 0.3) is 5.91 Å². The van der Waals surface area contributed by atoms with Crippen LogP contribution in [0.3, 0.4) is 0 Å². The van der Waals surface area contributed by atoms with Crippen LogP contribution in [-0.4, -0.2) is 43.0 Å². The van der Waals surface area contributed by atoms with Crippen LogP contribution in [0.1, 0.15) is 37.9 Å². The fraction of sp³-hybridized carbons (Fsp3) is 0.280. The zero-order valence-electron chi connectivity index (χ0n) is 20.4. The molecule has 0 bridgehead atoms. The number of hydrogen-bond acceptors (Lipinski definition) is 7. The van der Waals surface area contributed by atoms with Gasteiger partial charge in [-0.3, -0.25) is 4.79 Å². The fourth-order valence-corrected chi connectivity index (χ4v) is 5.22. The first-order chi connectivity index (χ1) is 17.7. The van der Waals surface area contributed by atoms with Crippen molar-refractivity contribution in [2.45, 2.75) is 26.8 Å². The summed E-state index contributed by atoms with van der Waals surface area (Å²) in [5.41, 5.74) is 4.73. The maximum atomic E-state index is 12.7. The summed E-state index contributed by atoms with van der Waals surface area (Å²) in [5.74, 6) is 0.0826. The molecule has 9 nitrogen and oxygen atoms in total. The van der Waals surface area contributed by atoms with Crippen molar-refractivity contribution in [2.75, 3.05) is 19.8 Å². The molecule has 0 fully saturated rings. The molecule has 1 aliphatic heterocycles.